The first kappa shape index (κ1) is 13.9. The van der Waals surface area contributed by atoms with Crippen molar-refractivity contribution in [2.24, 2.45) is 0 Å². The van der Waals surface area contributed by atoms with Crippen molar-refractivity contribution in [3.05, 3.63) is 29.0 Å². The summed E-state index contributed by atoms with van der Waals surface area (Å²) >= 11 is 5.85. The Kier molecular flexibility index (Phi) is 5.90. The van der Waals surface area contributed by atoms with E-state index in [0.29, 0.717) is 18.7 Å². The average Bonchev–Trinajstić information content (AvgIpc) is 2.34. The van der Waals surface area contributed by atoms with Crippen LogP contribution < -0.4 is 0 Å². The van der Waals surface area contributed by atoms with E-state index in [1.807, 2.05) is 0 Å². The normalized spacial score (nSPS) is 10.3. The molecule has 1 aromatic heterocycles. The summed E-state index contributed by atoms with van der Waals surface area (Å²) in [5.41, 5.74) is 0.332. The number of pyridine rings is 1. The van der Waals surface area contributed by atoms with Crippen molar-refractivity contribution in [2.75, 3.05) is 33.4 Å². The fourth-order valence-corrected chi connectivity index (χ4v) is 1.55. The molecule has 0 aliphatic carbocycles. The van der Waals surface area contributed by atoms with E-state index < -0.39 is 0 Å². The second-order valence-corrected chi connectivity index (χ2v) is 3.71. The zero-order chi connectivity index (χ0) is 12.7. The first-order chi connectivity index (χ1) is 8.20. The van der Waals surface area contributed by atoms with Gasteiger partial charge in [-0.2, -0.15) is 0 Å². The van der Waals surface area contributed by atoms with Gasteiger partial charge in [-0.1, -0.05) is 11.6 Å². The quantitative estimate of drug-likeness (QED) is 0.768. The summed E-state index contributed by atoms with van der Waals surface area (Å²) in [5.74, 6) is -0.255. The van der Waals surface area contributed by atoms with Crippen LogP contribution >= 0.6 is 11.6 Å². The summed E-state index contributed by atoms with van der Waals surface area (Å²) in [7, 11) is 1.55. The van der Waals surface area contributed by atoms with E-state index in [0.717, 1.165) is 0 Å². The number of carbonyl (C=O) groups is 1. The van der Waals surface area contributed by atoms with Gasteiger partial charge in [-0.05, 0) is 12.1 Å². The fraction of sp³-hybridized carbons (Fsp3) is 0.455. The van der Waals surface area contributed by atoms with Gasteiger partial charge in [-0.3, -0.25) is 4.79 Å². The Labute approximate surface area is 105 Å². The zero-order valence-corrected chi connectivity index (χ0v) is 10.4. The fourth-order valence-electron chi connectivity index (χ4n) is 1.35. The average molecular weight is 259 g/mol. The van der Waals surface area contributed by atoms with Crippen molar-refractivity contribution >= 4 is 17.5 Å². The molecular formula is C11H15ClN2O3. The molecule has 5 nitrogen and oxygen atoms in total. The highest BCUT2D eigenvalue weighted by molar-refractivity contribution is 6.32. The number of rotatable bonds is 6. The molecular weight excluding hydrogens is 244 g/mol. The molecule has 0 aliphatic heterocycles. The Morgan fingerprint density at radius 1 is 1.59 bits per heavy atom. The number of nitrogens with zero attached hydrogens (tertiary/aromatic N) is 2. The van der Waals surface area contributed by atoms with Gasteiger partial charge in [0.1, 0.15) is 5.15 Å². The molecule has 1 heterocycles. The van der Waals surface area contributed by atoms with Gasteiger partial charge in [0.05, 0.1) is 18.8 Å². The number of halogens is 1. The molecule has 1 N–H and O–H groups in total. The maximum Gasteiger partial charge on any atom is 0.257 e. The van der Waals surface area contributed by atoms with Crippen LogP contribution in [0, 0.1) is 0 Å². The molecule has 0 atom stereocenters. The van der Waals surface area contributed by atoms with Crippen LogP contribution in [0.15, 0.2) is 18.3 Å². The van der Waals surface area contributed by atoms with Crippen molar-refractivity contribution in [3.63, 3.8) is 0 Å². The van der Waals surface area contributed by atoms with Crippen LogP contribution in [0.2, 0.25) is 5.15 Å². The highest BCUT2D eigenvalue weighted by Gasteiger charge is 2.17. The highest BCUT2D eigenvalue weighted by Crippen LogP contribution is 2.14. The van der Waals surface area contributed by atoms with E-state index in [1.54, 1.807) is 19.2 Å². The first-order valence-electron chi connectivity index (χ1n) is 5.20. The summed E-state index contributed by atoms with van der Waals surface area (Å²) in [4.78, 5) is 17.4. The lowest BCUT2D eigenvalue weighted by Crippen LogP contribution is -2.36. The van der Waals surface area contributed by atoms with Gasteiger partial charge in [-0.15, -0.1) is 0 Å². The molecule has 0 spiro atoms. The lowest BCUT2D eigenvalue weighted by Gasteiger charge is -2.21. The number of methoxy groups -OCH3 is 1. The summed E-state index contributed by atoms with van der Waals surface area (Å²) in [6.07, 6.45) is 1.52. The second-order valence-electron chi connectivity index (χ2n) is 3.35. The van der Waals surface area contributed by atoms with Crippen molar-refractivity contribution in [2.45, 2.75) is 0 Å². The van der Waals surface area contributed by atoms with Crippen LogP contribution in [0.3, 0.4) is 0 Å². The number of amides is 1. The van der Waals surface area contributed by atoms with E-state index in [4.69, 9.17) is 21.4 Å². The van der Waals surface area contributed by atoms with Crippen LogP contribution in [-0.4, -0.2) is 54.3 Å². The van der Waals surface area contributed by atoms with Crippen LogP contribution in [0.25, 0.3) is 0 Å². The second kappa shape index (κ2) is 7.21. The highest BCUT2D eigenvalue weighted by atomic mass is 35.5. The van der Waals surface area contributed by atoms with E-state index in [9.17, 15) is 4.79 Å². The number of carbonyl (C=O) groups excluding carboxylic acids is 1. The maximum atomic E-state index is 12.1. The van der Waals surface area contributed by atoms with Crippen molar-refractivity contribution in [1.82, 2.24) is 9.88 Å². The van der Waals surface area contributed by atoms with Crippen LogP contribution in [0.5, 0.6) is 0 Å². The van der Waals surface area contributed by atoms with Crippen molar-refractivity contribution in [3.8, 4) is 0 Å². The Balaban J connectivity index is 2.80. The van der Waals surface area contributed by atoms with Gasteiger partial charge in [0, 0.05) is 26.4 Å². The van der Waals surface area contributed by atoms with E-state index in [-0.39, 0.29) is 24.2 Å². The molecule has 94 valence electrons. The molecule has 1 amide bonds. The maximum absolute atomic E-state index is 12.1. The van der Waals surface area contributed by atoms with Gasteiger partial charge in [-0.25, -0.2) is 4.98 Å². The minimum atomic E-state index is -0.255. The van der Waals surface area contributed by atoms with E-state index in [1.165, 1.54) is 11.1 Å². The summed E-state index contributed by atoms with van der Waals surface area (Å²) in [5, 5.41) is 9.08. The molecule has 0 saturated heterocycles. The number of aliphatic hydroxyl groups is 1. The monoisotopic (exact) mass is 258 g/mol. The Bertz CT molecular complexity index is 373. The Morgan fingerprint density at radius 2 is 2.35 bits per heavy atom. The van der Waals surface area contributed by atoms with Crippen molar-refractivity contribution in [1.29, 1.82) is 0 Å². The SMILES string of the molecule is COCCN(CCO)C(=O)c1cccnc1Cl. The van der Waals surface area contributed by atoms with Gasteiger partial charge in [0.25, 0.3) is 5.91 Å². The van der Waals surface area contributed by atoms with Crippen LogP contribution in [0.1, 0.15) is 10.4 Å². The lowest BCUT2D eigenvalue weighted by molar-refractivity contribution is 0.0656. The third kappa shape index (κ3) is 3.96. The summed E-state index contributed by atoms with van der Waals surface area (Å²) in [6.45, 7) is 0.950. The van der Waals surface area contributed by atoms with Crippen LogP contribution in [-0.2, 0) is 4.74 Å². The minimum absolute atomic E-state index is 0.104. The van der Waals surface area contributed by atoms with Crippen molar-refractivity contribution < 1.29 is 14.6 Å². The van der Waals surface area contributed by atoms with Crippen LogP contribution in [0.4, 0.5) is 0 Å². The van der Waals surface area contributed by atoms with Gasteiger partial charge in [0.15, 0.2) is 0 Å². The lowest BCUT2D eigenvalue weighted by atomic mass is 10.2. The van der Waals surface area contributed by atoms with Gasteiger partial charge < -0.3 is 14.7 Å². The largest absolute Gasteiger partial charge is 0.395 e. The Morgan fingerprint density at radius 3 is 2.94 bits per heavy atom. The number of ether oxygens (including phenoxy) is 1. The molecule has 1 rings (SSSR count). The minimum Gasteiger partial charge on any atom is -0.395 e. The first-order valence-corrected chi connectivity index (χ1v) is 5.58. The molecule has 17 heavy (non-hydrogen) atoms. The number of aromatic nitrogens is 1. The van der Waals surface area contributed by atoms with E-state index in [2.05, 4.69) is 4.98 Å². The predicted octanol–water partition coefficient (Wildman–Crippen LogP) is 0.816. The third-order valence-electron chi connectivity index (χ3n) is 2.21. The Hall–Kier alpha value is -1.17. The van der Waals surface area contributed by atoms with E-state index >= 15 is 0 Å². The zero-order valence-electron chi connectivity index (χ0n) is 9.60. The molecule has 0 aromatic carbocycles. The number of hydrogen-bond donors (Lipinski definition) is 1. The molecule has 0 saturated carbocycles. The molecule has 0 radical (unpaired) electrons. The molecule has 0 unspecified atom stereocenters. The number of aliphatic hydroxyl groups excluding tert-OH is 1. The smallest absolute Gasteiger partial charge is 0.257 e. The molecule has 6 heteroatoms. The molecule has 0 aliphatic rings. The topological polar surface area (TPSA) is 62.7 Å². The molecule has 0 bridgehead atoms. The predicted molar refractivity (Wildman–Crippen MR) is 64.1 cm³/mol. The summed E-state index contributed by atoms with van der Waals surface area (Å²) < 4.78 is 4.91. The van der Waals surface area contributed by atoms with Gasteiger partial charge in [0.2, 0.25) is 0 Å². The molecule has 0 fully saturated rings. The summed E-state index contributed by atoms with van der Waals surface area (Å²) in [6, 6.07) is 3.25. The number of hydrogen-bond acceptors (Lipinski definition) is 4. The third-order valence-corrected chi connectivity index (χ3v) is 2.51. The standard InChI is InChI=1S/C11H15ClN2O3/c1-17-8-6-14(5-7-15)11(16)9-3-2-4-13-10(9)12/h2-4,15H,5-8H2,1H3. The van der Waals surface area contributed by atoms with Gasteiger partial charge >= 0.3 is 0 Å². The molecule has 1 aromatic rings.